The van der Waals surface area contributed by atoms with Crippen LogP contribution in [0, 0.1) is 5.92 Å². The van der Waals surface area contributed by atoms with E-state index in [4.69, 9.17) is 22.1 Å². The molecule has 0 atom stereocenters. The SMILES string of the molecule is Nc1cc(Cl)cnc1OCC1CCCCC1. The Morgan fingerprint density at radius 3 is 2.81 bits per heavy atom. The van der Waals surface area contributed by atoms with Gasteiger partial charge in [0.2, 0.25) is 5.88 Å². The van der Waals surface area contributed by atoms with Crippen molar-refractivity contribution in [2.24, 2.45) is 5.92 Å². The molecule has 2 rings (SSSR count). The fraction of sp³-hybridized carbons (Fsp3) is 0.583. The van der Waals surface area contributed by atoms with Gasteiger partial charge in [0.1, 0.15) is 0 Å². The summed E-state index contributed by atoms with van der Waals surface area (Å²) in [5.41, 5.74) is 6.28. The molecular formula is C12H17ClN2O. The van der Waals surface area contributed by atoms with E-state index in [1.54, 1.807) is 12.3 Å². The Morgan fingerprint density at radius 2 is 2.12 bits per heavy atom. The third kappa shape index (κ3) is 3.01. The molecule has 0 amide bonds. The van der Waals surface area contributed by atoms with E-state index < -0.39 is 0 Å². The molecule has 0 aromatic carbocycles. The Hall–Kier alpha value is -0.960. The van der Waals surface area contributed by atoms with Gasteiger partial charge in [0, 0.05) is 6.20 Å². The first kappa shape index (κ1) is 11.5. The molecule has 0 bridgehead atoms. The molecule has 0 saturated heterocycles. The van der Waals surface area contributed by atoms with Gasteiger partial charge in [-0.1, -0.05) is 30.9 Å². The molecule has 1 aliphatic rings. The standard InChI is InChI=1S/C12H17ClN2O/c13-10-6-11(14)12(15-7-10)16-8-9-4-2-1-3-5-9/h6-7,9H,1-5,8,14H2. The minimum absolute atomic E-state index is 0.509. The highest BCUT2D eigenvalue weighted by atomic mass is 35.5. The highest BCUT2D eigenvalue weighted by molar-refractivity contribution is 6.30. The summed E-state index contributed by atoms with van der Waals surface area (Å²) >= 11 is 5.77. The van der Waals surface area contributed by atoms with Gasteiger partial charge in [0.25, 0.3) is 0 Å². The van der Waals surface area contributed by atoms with Crippen molar-refractivity contribution in [2.75, 3.05) is 12.3 Å². The molecule has 1 fully saturated rings. The number of rotatable bonds is 3. The van der Waals surface area contributed by atoms with Crippen molar-refractivity contribution in [3.63, 3.8) is 0 Å². The molecule has 1 saturated carbocycles. The van der Waals surface area contributed by atoms with Crippen molar-refractivity contribution < 1.29 is 4.74 Å². The second-order valence-electron chi connectivity index (χ2n) is 4.36. The van der Waals surface area contributed by atoms with Crippen LogP contribution in [0.15, 0.2) is 12.3 Å². The predicted molar refractivity (Wildman–Crippen MR) is 65.7 cm³/mol. The summed E-state index contributed by atoms with van der Waals surface area (Å²) in [6, 6.07) is 1.67. The minimum Gasteiger partial charge on any atom is -0.476 e. The molecule has 3 nitrogen and oxygen atoms in total. The van der Waals surface area contributed by atoms with Crippen molar-refractivity contribution >= 4 is 17.3 Å². The van der Waals surface area contributed by atoms with Gasteiger partial charge >= 0.3 is 0 Å². The van der Waals surface area contributed by atoms with E-state index in [0.717, 1.165) is 6.61 Å². The van der Waals surface area contributed by atoms with Crippen LogP contribution >= 0.6 is 11.6 Å². The molecule has 0 spiro atoms. The lowest BCUT2D eigenvalue weighted by Crippen LogP contribution is -2.16. The summed E-state index contributed by atoms with van der Waals surface area (Å²) in [7, 11) is 0. The van der Waals surface area contributed by atoms with E-state index in [-0.39, 0.29) is 0 Å². The molecule has 1 aromatic heterocycles. The Morgan fingerprint density at radius 1 is 1.38 bits per heavy atom. The number of nitrogens with zero attached hydrogens (tertiary/aromatic N) is 1. The summed E-state index contributed by atoms with van der Waals surface area (Å²) in [6.07, 6.45) is 8.07. The van der Waals surface area contributed by atoms with Crippen LogP contribution in [-0.2, 0) is 0 Å². The number of hydrogen-bond donors (Lipinski definition) is 1. The van der Waals surface area contributed by atoms with Gasteiger partial charge < -0.3 is 10.5 Å². The second-order valence-corrected chi connectivity index (χ2v) is 4.80. The van der Waals surface area contributed by atoms with Crippen LogP contribution in [0.5, 0.6) is 5.88 Å². The van der Waals surface area contributed by atoms with E-state index in [1.807, 2.05) is 0 Å². The van der Waals surface area contributed by atoms with Gasteiger partial charge in [0.05, 0.1) is 17.3 Å². The maximum absolute atomic E-state index is 5.77. The number of aromatic nitrogens is 1. The molecule has 16 heavy (non-hydrogen) atoms. The van der Waals surface area contributed by atoms with E-state index in [1.165, 1.54) is 32.1 Å². The number of hydrogen-bond acceptors (Lipinski definition) is 3. The zero-order valence-electron chi connectivity index (χ0n) is 9.29. The smallest absolute Gasteiger partial charge is 0.237 e. The molecule has 0 radical (unpaired) electrons. The summed E-state index contributed by atoms with van der Waals surface area (Å²) < 4.78 is 5.64. The van der Waals surface area contributed by atoms with Crippen molar-refractivity contribution in [3.05, 3.63) is 17.3 Å². The molecule has 1 aromatic rings. The lowest BCUT2D eigenvalue weighted by molar-refractivity contribution is 0.204. The van der Waals surface area contributed by atoms with Crippen molar-refractivity contribution in [2.45, 2.75) is 32.1 Å². The van der Waals surface area contributed by atoms with Crippen molar-refractivity contribution in [1.82, 2.24) is 4.98 Å². The predicted octanol–water partition coefficient (Wildman–Crippen LogP) is 3.28. The van der Waals surface area contributed by atoms with Crippen LogP contribution in [0.25, 0.3) is 0 Å². The number of halogens is 1. The van der Waals surface area contributed by atoms with Gasteiger partial charge in [-0.25, -0.2) is 4.98 Å². The highest BCUT2D eigenvalue weighted by Crippen LogP contribution is 2.26. The first-order valence-corrected chi connectivity index (χ1v) is 6.17. The normalized spacial score (nSPS) is 17.3. The molecule has 4 heteroatoms. The largest absolute Gasteiger partial charge is 0.476 e. The van der Waals surface area contributed by atoms with Gasteiger partial charge in [-0.2, -0.15) is 0 Å². The number of pyridine rings is 1. The van der Waals surface area contributed by atoms with Gasteiger partial charge in [-0.05, 0) is 24.8 Å². The molecule has 1 heterocycles. The molecular weight excluding hydrogens is 224 g/mol. The van der Waals surface area contributed by atoms with Crippen LogP contribution < -0.4 is 10.5 Å². The third-order valence-corrected chi connectivity index (χ3v) is 3.23. The van der Waals surface area contributed by atoms with Crippen molar-refractivity contribution in [3.8, 4) is 5.88 Å². The van der Waals surface area contributed by atoms with Crippen LogP contribution in [-0.4, -0.2) is 11.6 Å². The van der Waals surface area contributed by atoms with Gasteiger partial charge in [-0.3, -0.25) is 0 Å². The van der Waals surface area contributed by atoms with E-state index in [2.05, 4.69) is 4.98 Å². The first-order valence-electron chi connectivity index (χ1n) is 5.79. The van der Waals surface area contributed by atoms with Crippen LogP contribution in [0.4, 0.5) is 5.69 Å². The lowest BCUT2D eigenvalue weighted by atomic mass is 9.90. The average molecular weight is 241 g/mol. The van der Waals surface area contributed by atoms with Crippen LogP contribution in [0.1, 0.15) is 32.1 Å². The fourth-order valence-electron chi connectivity index (χ4n) is 2.11. The number of ether oxygens (including phenoxy) is 1. The molecule has 0 aliphatic heterocycles. The lowest BCUT2D eigenvalue weighted by Gasteiger charge is -2.21. The van der Waals surface area contributed by atoms with E-state index in [9.17, 15) is 0 Å². The zero-order chi connectivity index (χ0) is 11.4. The summed E-state index contributed by atoms with van der Waals surface area (Å²) in [5, 5.41) is 0.544. The average Bonchev–Trinajstić information content (AvgIpc) is 2.29. The van der Waals surface area contributed by atoms with Gasteiger partial charge in [0.15, 0.2) is 0 Å². The number of nitrogens with two attached hydrogens (primary N) is 1. The number of nitrogen functional groups attached to an aromatic ring is 1. The zero-order valence-corrected chi connectivity index (χ0v) is 10.0. The Labute approximate surface area is 101 Å². The maximum atomic E-state index is 5.77. The maximum Gasteiger partial charge on any atom is 0.237 e. The molecule has 1 aliphatic carbocycles. The summed E-state index contributed by atoms with van der Waals surface area (Å²) in [5.74, 6) is 1.17. The van der Waals surface area contributed by atoms with Gasteiger partial charge in [-0.15, -0.1) is 0 Å². The fourth-order valence-corrected chi connectivity index (χ4v) is 2.28. The van der Waals surface area contributed by atoms with E-state index >= 15 is 0 Å². The monoisotopic (exact) mass is 240 g/mol. The van der Waals surface area contributed by atoms with E-state index in [0.29, 0.717) is 22.5 Å². The summed E-state index contributed by atoms with van der Waals surface area (Å²) in [4.78, 5) is 4.08. The summed E-state index contributed by atoms with van der Waals surface area (Å²) in [6.45, 7) is 0.721. The Kier molecular flexibility index (Phi) is 3.88. The van der Waals surface area contributed by atoms with Crippen LogP contribution in [0.3, 0.4) is 0 Å². The number of anilines is 1. The Balaban J connectivity index is 1.88. The topological polar surface area (TPSA) is 48.1 Å². The molecule has 2 N–H and O–H groups in total. The second kappa shape index (κ2) is 5.39. The molecule has 88 valence electrons. The Bertz CT molecular complexity index is 351. The third-order valence-electron chi connectivity index (χ3n) is 3.03. The molecule has 0 unspecified atom stereocenters. The minimum atomic E-state index is 0.509. The quantitative estimate of drug-likeness (QED) is 0.882. The first-order chi connectivity index (χ1) is 7.75. The highest BCUT2D eigenvalue weighted by Gasteiger charge is 2.14. The van der Waals surface area contributed by atoms with Crippen LogP contribution in [0.2, 0.25) is 5.02 Å². The van der Waals surface area contributed by atoms with Crippen molar-refractivity contribution in [1.29, 1.82) is 0 Å².